The van der Waals surface area contributed by atoms with E-state index in [0.717, 1.165) is 0 Å². The summed E-state index contributed by atoms with van der Waals surface area (Å²) in [6, 6.07) is 3.24. The third kappa shape index (κ3) is 0.959. The summed E-state index contributed by atoms with van der Waals surface area (Å²) in [6.07, 6.45) is 0. The van der Waals surface area contributed by atoms with Crippen LogP contribution in [0.25, 0.3) is 5.65 Å². The van der Waals surface area contributed by atoms with Crippen molar-refractivity contribution in [2.24, 2.45) is 0 Å². The first kappa shape index (κ1) is 8.31. The molecule has 2 aromatic rings. The number of nitrogens with zero attached hydrogens (tertiary/aromatic N) is 4. The van der Waals surface area contributed by atoms with Gasteiger partial charge in [-0.15, -0.1) is 0 Å². The lowest BCUT2D eigenvalue weighted by atomic mass is 10.3. The fourth-order valence-electron chi connectivity index (χ4n) is 1.26. The molecule has 0 saturated heterocycles. The van der Waals surface area contributed by atoms with E-state index in [1.807, 2.05) is 6.07 Å². The molecule has 0 amide bonds. The summed E-state index contributed by atoms with van der Waals surface area (Å²) in [5.74, 6) is 0.0310. The number of hydrogen-bond donors (Lipinski definition) is 2. The van der Waals surface area contributed by atoms with Gasteiger partial charge in [-0.3, -0.25) is 0 Å². The third-order valence-corrected chi connectivity index (χ3v) is 1.89. The van der Waals surface area contributed by atoms with Crippen LogP contribution in [0.2, 0.25) is 0 Å². The van der Waals surface area contributed by atoms with Crippen LogP contribution in [0.4, 0.5) is 5.82 Å². The van der Waals surface area contributed by atoms with Crippen LogP contribution in [0.3, 0.4) is 0 Å². The van der Waals surface area contributed by atoms with E-state index in [-0.39, 0.29) is 17.3 Å². The molecule has 0 bridgehead atoms. The van der Waals surface area contributed by atoms with Crippen molar-refractivity contribution in [2.45, 2.75) is 6.92 Å². The van der Waals surface area contributed by atoms with Crippen LogP contribution < -0.4 is 5.73 Å². The molecule has 2 rings (SSSR count). The van der Waals surface area contributed by atoms with Gasteiger partial charge in [0.15, 0.2) is 5.65 Å². The number of nitrogens with two attached hydrogens (primary N) is 1. The maximum atomic E-state index is 9.20. The second-order valence-electron chi connectivity index (χ2n) is 2.85. The topological polar surface area (TPSA) is 100 Å². The molecule has 70 valence electrons. The van der Waals surface area contributed by atoms with Gasteiger partial charge in [-0.05, 0) is 6.92 Å². The zero-order valence-electron chi connectivity index (χ0n) is 7.39. The fraction of sp³-hybridized carbons (Fsp3) is 0.125. The highest BCUT2D eigenvalue weighted by Gasteiger charge is 2.12. The maximum absolute atomic E-state index is 9.20. The van der Waals surface area contributed by atoms with Crippen LogP contribution in [-0.4, -0.2) is 19.7 Å². The highest BCUT2D eigenvalue weighted by Crippen LogP contribution is 2.18. The zero-order valence-corrected chi connectivity index (χ0v) is 7.39. The lowest BCUT2D eigenvalue weighted by Crippen LogP contribution is -1.99. The Morgan fingerprint density at radius 1 is 1.64 bits per heavy atom. The number of fused-ring (bicyclic) bond motifs is 1. The van der Waals surface area contributed by atoms with Crippen molar-refractivity contribution >= 4 is 11.5 Å². The number of rotatable bonds is 0. The lowest BCUT2D eigenvalue weighted by Gasteiger charge is -1.98. The summed E-state index contributed by atoms with van der Waals surface area (Å²) in [4.78, 5) is 3.78. The summed E-state index contributed by atoms with van der Waals surface area (Å²) < 4.78 is 1.33. The Morgan fingerprint density at radius 3 is 3.00 bits per heavy atom. The quantitative estimate of drug-likeness (QED) is 0.616. The molecule has 0 aliphatic carbocycles. The molecule has 14 heavy (non-hydrogen) atoms. The standard InChI is InChI=1S/C8H7N5O/c1-4-5(3-9)8-11-7(14)2-6(10)13(8)12-4/h2H,10H2,1H3,(H,11,14). The van der Waals surface area contributed by atoms with Gasteiger partial charge in [0.2, 0.25) is 5.88 Å². The normalized spacial score (nSPS) is 10.3. The Morgan fingerprint density at radius 2 is 2.36 bits per heavy atom. The van der Waals surface area contributed by atoms with Gasteiger partial charge in [0, 0.05) is 6.07 Å². The number of aryl methyl sites for hydroxylation is 1. The highest BCUT2D eigenvalue weighted by molar-refractivity contribution is 5.61. The van der Waals surface area contributed by atoms with Gasteiger partial charge in [0.1, 0.15) is 17.5 Å². The van der Waals surface area contributed by atoms with Crippen molar-refractivity contribution in [1.82, 2.24) is 14.6 Å². The predicted octanol–water partition coefficient (Wildman–Crippen LogP) is 0.197. The second-order valence-corrected chi connectivity index (χ2v) is 2.85. The van der Waals surface area contributed by atoms with Crippen LogP contribution in [0.1, 0.15) is 11.3 Å². The summed E-state index contributed by atoms with van der Waals surface area (Å²) in [7, 11) is 0. The Labute approximate surface area is 79.2 Å². The van der Waals surface area contributed by atoms with E-state index in [1.165, 1.54) is 10.6 Å². The molecule has 0 atom stereocenters. The number of nitriles is 1. The van der Waals surface area contributed by atoms with E-state index in [4.69, 9.17) is 11.0 Å². The van der Waals surface area contributed by atoms with E-state index in [2.05, 4.69) is 10.1 Å². The summed E-state index contributed by atoms with van der Waals surface area (Å²) in [5.41, 5.74) is 6.73. The minimum absolute atomic E-state index is 0.216. The van der Waals surface area contributed by atoms with Crippen molar-refractivity contribution in [3.8, 4) is 11.9 Å². The SMILES string of the molecule is Cc1nn2c(N)cc(O)nc2c1C#N. The van der Waals surface area contributed by atoms with Gasteiger partial charge in [-0.25, -0.2) is 0 Å². The maximum Gasteiger partial charge on any atom is 0.216 e. The Bertz CT molecular complexity index is 551. The molecule has 0 aliphatic rings. The second kappa shape index (κ2) is 2.60. The lowest BCUT2D eigenvalue weighted by molar-refractivity contribution is 0.454. The zero-order chi connectivity index (χ0) is 10.3. The average molecular weight is 189 g/mol. The van der Waals surface area contributed by atoms with Crippen LogP contribution in [0.5, 0.6) is 5.88 Å². The first-order valence-electron chi connectivity index (χ1n) is 3.88. The van der Waals surface area contributed by atoms with Gasteiger partial charge < -0.3 is 10.8 Å². The van der Waals surface area contributed by atoms with E-state index in [1.54, 1.807) is 6.92 Å². The van der Waals surface area contributed by atoms with Gasteiger partial charge in [0.25, 0.3) is 0 Å². The molecule has 3 N–H and O–H groups in total. The van der Waals surface area contributed by atoms with E-state index < -0.39 is 0 Å². The molecular weight excluding hydrogens is 182 g/mol. The number of nitrogen functional groups attached to an aromatic ring is 1. The fourth-order valence-corrected chi connectivity index (χ4v) is 1.26. The molecule has 0 fully saturated rings. The molecule has 6 heteroatoms. The van der Waals surface area contributed by atoms with Crippen molar-refractivity contribution in [1.29, 1.82) is 5.26 Å². The molecule has 6 nitrogen and oxygen atoms in total. The third-order valence-electron chi connectivity index (χ3n) is 1.89. The van der Waals surface area contributed by atoms with Crippen molar-refractivity contribution < 1.29 is 5.11 Å². The highest BCUT2D eigenvalue weighted by atomic mass is 16.3. The van der Waals surface area contributed by atoms with E-state index >= 15 is 0 Å². The number of aromatic nitrogens is 3. The predicted molar refractivity (Wildman–Crippen MR) is 48.5 cm³/mol. The van der Waals surface area contributed by atoms with Crippen molar-refractivity contribution in [3.05, 3.63) is 17.3 Å². The molecular formula is C8H7N5O. The number of anilines is 1. The van der Waals surface area contributed by atoms with Crippen molar-refractivity contribution in [2.75, 3.05) is 5.73 Å². The Kier molecular flexibility index (Phi) is 1.54. The summed E-state index contributed by atoms with van der Waals surface area (Å²) in [6.45, 7) is 1.68. The minimum atomic E-state index is -0.216. The van der Waals surface area contributed by atoms with Gasteiger partial charge >= 0.3 is 0 Å². The van der Waals surface area contributed by atoms with Gasteiger partial charge in [-0.1, -0.05) is 0 Å². The molecule has 0 saturated carbocycles. The smallest absolute Gasteiger partial charge is 0.216 e. The molecule has 2 heterocycles. The average Bonchev–Trinajstić information content (AvgIpc) is 2.41. The summed E-state index contributed by atoms with van der Waals surface area (Å²) >= 11 is 0. The van der Waals surface area contributed by atoms with Crippen LogP contribution in [0, 0.1) is 18.3 Å². The molecule has 0 unspecified atom stereocenters. The first-order valence-corrected chi connectivity index (χ1v) is 3.88. The number of hydrogen-bond acceptors (Lipinski definition) is 5. The molecule has 0 spiro atoms. The Balaban J connectivity index is 2.97. The molecule has 0 radical (unpaired) electrons. The van der Waals surface area contributed by atoms with Crippen molar-refractivity contribution in [3.63, 3.8) is 0 Å². The monoisotopic (exact) mass is 189 g/mol. The van der Waals surface area contributed by atoms with Gasteiger partial charge in [-0.2, -0.15) is 19.9 Å². The largest absolute Gasteiger partial charge is 0.493 e. The van der Waals surface area contributed by atoms with Crippen LogP contribution >= 0.6 is 0 Å². The van der Waals surface area contributed by atoms with Gasteiger partial charge in [0.05, 0.1) is 5.69 Å². The molecule has 0 aliphatic heterocycles. The van der Waals surface area contributed by atoms with Crippen LogP contribution in [0.15, 0.2) is 6.07 Å². The molecule has 2 aromatic heterocycles. The Hall–Kier alpha value is -2.29. The first-order chi connectivity index (χ1) is 6.63. The van der Waals surface area contributed by atoms with E-state index in [9.17, 15) is 5.11 Å². The molecule has 0 aromatic carbocycles. The number of aromatic hydroxyl groups is 1. The van der Waals surface area contributed by atoms with Crippen LogP contribution in [-0.2, 0) is 0 Å². The summed E-state index contributed by atoms with van der Waals surface area (Å²) in [5, 5.41) is 22.0. The van der Waals surface area contributed by atoms with E-state index in [0.29, 0.717) is 11.3 Å². The minimum Gasteiger partial charge on any atom is -0.493 e.